The van der Waals surface area contributed by atoms with E-state index in [4.69, 9.17) is 0 Å². The van der Waals surface area contributed by atoms with Gasteiger partial charge in [-0.05, 0) is 63.3 Å². The maximum atomic E-state index is 12.1. The van der Waals surface area contributed by atoms with Gasteiger partial charge in [0, 0.05) is 31.3 Å². The summed E-state index contributed by atoms with van der Waals surface area (Å²) in [6, 6.07) is 0.854. The van der Waals surface area contributed by atoms with E-state index in [1.54, 1.807) is 0 Å². The zero-order valence-corrected chi connectivity index (χ0v) is 13.4. The Balaban J connectivity index is 1.34. The number of carbonyl (C=O) groups is 1. The molecule has 3 nitrogen and oxygen atoms in total. The number of nitrogens with zero attached hydrogens (tertiary/aromatic N) is 2. The fourth-order valence-electron chi connectivity index (χ4n) is 3.87. The van der Waals surface area contributed by atoms with Gasteiger partial charge in [0.15, 0.2) is 0 Å². The highest BCUT2D eigenvalue weighted by Crippen LogP contribution is 2.28. The van der Waals surface area contributed by atoms with Crippen molar-refractivity contribution in [3.8, 4) is 0 Å². The van der Waals surface area contributed by atoms with Crippen LogP contribution in [0.25, 0.3) is 0 Å². The van der Waals surface area contributed by atoms with Crippen LogP contribution in [0.3, 0.4) is 0 Å². The van der Waals surface area contributed by atoms with Crippen LogP contribution in [-0.2, 0) is 4.79 Å². The topological polar surface area (TPSA) is 23.6 Å². The lowest BCUT2D eigenvalue weighted by atomic mass is 9.91. The van der Waals surface area contributed by atoms with Crippen LogP contribution in [0.15, 0.2) is 0 Å². The Bertz CT molecular complexity index is 316. The number of amides is 1. The predicted octanol–water partition coefficient (Wildman–Crippen LogP) is 2.61. The average Bonchev–Trinajstić information content (AvgIpc) is 3.18. The molecule has 3 aliphatic heterocycles. The largest absolute Gasteiger partial charge is 0.343 e. The van der Waals surface area contributed by atoms with Gasteiger partial charge < -0.3 is 4.90 Å². The van der Waals surface area contributed by atoms with Crippen LogP contribution in [0, 0.1) is 5.92 Å². The number of hydrogen-bond acceptors (Lipinski definition) is 3. The van der Waals surface area contributed by atoms with E-state index < -0.39 is 0 Å². The van der Waals surface area contributed by atoms with Gasteiger partial charge in [0.05, 0.1) is 0 Å². The Labute approximate surface area is 127 Å². The van der Waals surface area contributed by atoms with Gasteiger partial charge in [-0.1, -0.05) is 0 Å². The highest BCUT2D eigenvalue weighted by Gasteiger charge is 2.28. The summed E-state index contributed by atoms with van der Waals surface area (Å²) in [5.41, 5.74) is 0. The smallest absolute Gasteiger partial charge is 0.222 e. The number of thioether (sulfide) groups is 1. The Morgan fingerprint density at radius 2 is 1.80 bits per heavy atom. The van der Waals surface area contributed by atoms with Crippen molar-refractivity contribution >= 4 is 17.7 Å². The number of carbonyl (C=O) groups excluding carboxylic acids is 1. The van der Waals surface area contributed by atoms with Crippen LogP contribution in [-0.4, -0.2) is 59.4 Å². The van der Waals surface area contributed by atoms with E-state index in [1.807, 2.05) is 0 Å². The normalized spacial score (nSPS) is 29.2. The van der Waals surface area contributed by atoms with Crippen molar-refractivity contribution in [3.63, 3.8) is 0 Å². The predicted molar refractivity (Wildman–Crippen MR) is 85.1 cm³/mol. The highest BCUT2D eigenvalue weighted by molar-refractivity contribution is 7.99. The van der Waals surface area contributed by atoms with Crippen LogP contribution in [0.5, 0.6) is 0 Å². The molecule has 0 radical (unpaired) electrons. The molecule has 0 spiro atoms. The molecule has 4 heteroatoms. The van der Waals surface area contributed by atoms with Gasteiger partial charge in [-0.2, -0.15) is 11.8 Å². The number of piperidine rings is 1. The molecule has 1 atom stereocenters. The van der Waals surface area contributed by atoms with Crippen molar-refractivity contribution < 1.29 is 4.79 Å². The number of hydrogen-bond donors (Lipinski definition) is 0. The zero-order valence-electron chi connectivity index (χ0n) is 12.6. The van der Waals surface area contributed by atoms with E-state index in [0.29, 0.717) is 5.91 Å². The van der Waals surface area contributed by atoms with Crippen molar-refractivity contribution in [2.45, 2.75) is 51.0 Å². The van der Waals surface area contributed by atoms with Crippen LogP contribution in [0.1, 0.15) is 44.9 Å². The molecule has 0 saturated carbocycles. The lowest BCUT2D eigenvalue weighted by Gasteiger charge is -2.35. The molecular formula is C16H28N2OS. The summed E-state index contributed by atoms with van der Waals surface area (Å²) in [5.74, 6) is 3.91. The van der Waals surface area contributed by atoms with E-state index in [9.17, 15) is 4.79 Å². The molecule has 3 saturated heterocycles. The molecule has 0 aliphatic carbocycles. The average molecular weight is 296 g/mol. The molecule has 0 aromatic rings. The summed E-state index contributed by atoms with van der Waals surface area (Å²) in [5, 5.41) is 0. The first kappa shape index (κ1) is 14.7. The van der Waals surface area contributed by atoms with Gasteiger partial charge in [0.25, 0.3) is 0 Å². The minimum atomic E-state index is 0.414. The Kier molecular flexibility index (Phi) is 5.27. The Morgan fingerprint density at radius 1 is 1.05 bits per heavy atom. The zero-order chi connectivity index (χ0) is 13.8. The summed E-state index contributed by atoms with van der Waals surface area (Å²) in [6.07, 6.45) is 8.37. The molecule has 3 heterocycles. The van der Waals surface area contributed by atoms with Crippen LogP contribution >= 0.6 is 11.8 Å². The summed E-state index contributed by atoms with van der Waals surface area (Å²) >= 11 is 2.11. The molecule has 3 aliphatic rings. The van der Waals surface area contributed by atoms with Crippen molar-refractivity contribution in [2.24, 2.45) is 5.92 Å². The second-order valence-electron chi connectivity index (χ2n) is 6.62. The lowest BCUT2D eigenvalue weighted by Crippen LogP contribution is -2.41. The first-order valence-electron chi connectivity index (χ1n) is 8.42. The fraction of sp³-hybridized carbons (Fsp3) is 0.938. The molecule has 0 N–H and O–H groups in total. The second-order valence-corrected chi connectivity index (χ2v) is 7.77. The van der Waals surface area contributed by atoms with Gasteiger partial charge in [-0.15, -0.1) is 0 Å². The first-order valence-corrected chi connectivity index (χ1v) is 9.58. The monoisotopic (exact) mass is 296 g/mol. The maximum Gasteiger partial charge on any atom is 0.222 e. The SMILES string of the molecule is O=C(CCC1CCN([C@@H]2CCSC2)CC1)N1CCCC1. The van der Waals surface area contributed by atoms with Crippen LogP contribution in [0.4, 0.5) is 0 Å². The van der Waals surface area contributed by atoms with Crippen molar-refractivity contribution in [1.82, 2.24) is 9.80 Å². The van der Waals surface area contributed by atoms with E-state index in [-0.39, 0.29) is 0 Å². The van der Waals surface area contributed by atoms with E-state index in [2.05, 4.69) is 21.6 Å². The Hall–Kier alpha value is -0.220. The van der Waals surface area contributed by atoms with E-state index >= 15 is 0 Å². The summed E-state index contributed by atoms with van der Waals surface area (Å²) in [6.45, 7) is 4.56. The summed E-state index contributed by atoms with van der Waals surface area (Å²) < 4.78 is 0. The summed E-state index contributed by atoms with van der Waals surface area (Å²) in [4.78, 5) is 16.9. The first-order chi connectivity index (χ1) is 9.83. The maximum absolute atomic E-state index is 12.1. The molecule has 0 unspecified atom stereocenters. The summed E-state index contributed by atoms with van der Waals surface area (Å²) in [7, 11) is 0. The van der Waals surface area contributed by atoms with E-state index in [1.165, 1.54) is 56.7 Å². The van der Waals surface area contributed by atoms with Gasteiger partial charge in [0.1, 0.15) is 0 Å². The molecule has 3 fully saturated rings. The van der Waals surface area contributed by atoms with Crippen molar-refractivity contribution in [2.75, 3.05) is 37.7 Å². The standard InChI is InChI=1S/C16H28N2OS/c19-16(18-8-1-2-9-18)4-3-14-5-10-17(11-6-14)15-7-12-20-13-15/h14-15H,1-13H2/t15-/m1/s1. The molecule has 3 rings (SSSR count). The lowest BCUT2D eigenvalue weighted by molar-refractivity contribution is -0.130. The van der Waals surface area contributed by atoms with Crippen LogP contribution in [0.2, 0.25) is 0 Å². The fourth-order valence-corrected chi connectivity index (χ4v) is 5.12. The quantitative estimate of drug-likeness (QED) is 0.797. The molecule has 0 aromatic heterocycles. The van der Waals surface area contributed by atoms with Gasteiger partial charge in [-0.3, -0.25) is 9.69 Å². The third-order valence-corrected chi connectivity index (χ3v) is 6.44. The van der Waals surface area contributed by atoms with Crippen molar-refractivity contribution in [1.29, 1.82) is 0 Å². The van der Waals surface area contributed by atoms with Gasteiger partial charge in [-0.25, -0.2) is 0 Å². The second kappa shape index (κ2) is 7.17. The number of rotatable bonds is 4. The minimum Gasteiger partial charge on any atom is -0.343 e. The van der Waals surface area contributed by atoms with Gasteiger partial charge >= 0.3 is 0 Å². The van der Waals surface area contributed by atoms with Gasteiger partial charge in [0.2, 0.25) is 5.91 Å². The molecule has 20 heavy (non-hydrogen) atoms. The number of likely N-dealkylation sites (tertiary alicyclic amines) is 2. The molecule has 0 aromatic carbocycles. The third-order valence-electron chi connectivity index (χ3n) is 5.30. The molecule has 1 amide bonds. The highest BCUT2D eigenvalue weighted by atomic mass is 32.2. The van der Waals surface area contributed by atoms with E-state index in [0.717, 1.165) is 37.9 Å². The minimum absolute atomic E-state index is 0.414. The molecule has 114 valence electrons. The molecular weight excluding hydrogens is 268 g/mol. The third kappa shape index (κ3) is 3.70. The van der Waals surface area contributed by atoms with Crippen LogP contribution < -0.4 is 0 Å². The Morgan fingerprint density at radius 3 is 2.45 bits per heavy atom. The van der Waals surface area contributed by atoms with Crippen molar-refractivity contribution in [3.05, 3.63) is 0 Å². The molecule has 0 bridgehead atoms.